The van der Waals surface area contributed by atoms with Gasteiger partial charge in [-0.1, -0.05) is 245 Å². The van der Waals surface area contributed by atoms with E-state index in [1.165, 1.54) is 36.0 Å². The van der Waals surface area contributed by atoms with Gasteiger partial charge in [0.15, 0.2) is 71.0 Å². The summed E-state index contributed by atoms with van der Waals surface area (Å²) in [5, 5.41) is 6.37. The molecule has 4 aromatic heterocycles. The van der Waals surface area contributed by atoms with Gasteiger partial charge in [-0.2, -0.15) is 19.2 Å². The summed E-state index contributed by atoms with van der Waals surface area (Å²) in [5.41, 5.74) is 1.67. The lowest BCUT2D eigenvalue weighted by Crippen LogP contribution is -2.25. The standard InChI is InChI=1S/C34H37FIN5O3P2.C34H36FN5O3P2.2CO2/c1-4-24(2)20-45(3,42)23-43-34-29(36)28(35)33(44-34)41-22-39-30-31(37-21-38-32(30)41)40-46(25-14-8-5-9-15-25,26-16-10-6-11-17-26)27-18-12-7-13-19-27;1-4-25(2)21-44(3,41)24-42-30-20-29(35)34(43-30)40-23-38-31-32(36-22-37-33(31)40)39-45(26-14-8-5-9-15-26,27-16-10-6-11-17-27)28-18-12-7-13-19-28;2*2-1-3/h5-19,21-22,24,28-29,33-34H,4,20,23H2,1-3H3;5-20,22-23,25,30,34H,4,21,24H2,1-3H3;;/t24-,28-,29-,33+,34?,45-;25-,30?,34+,44-;;/m00../s1. The number of hydrogen-bond donors (Lipinski definition) is 0. The van der Waals surface area contributed by atoms with Crippen molar-refractivity contribution in [2.75, 3.05) is 38.3 Å². The molecular formula is C70H73F2IN10O10P4. The van der Waals surface area contributed by atoms with E-state index in [1.54, 1.807) is 17.9 Å². The van der Waals surface area contributed by atoms with Crippen LogP contribution in [0.1, 0.15) is 53.0 Å². The van der Waals surface area contributed by atoms with E-state index in [0.29, 0.717) is 58.1 Å². The predicted molar refractivity (Wildman–Crippen MR) is 382 cm³/mol. The normalized spacial score (nSPS) is 19.3. The maximum atomic E-state index is 15.9. The number of carbonyl (C=O) groups excluding carboxylic acids is 4. The van der Waals surface area contributed by atoms with Crippen molar-refractivity contribution in [2.45, 2.75) is 75.7 Å². The number of nitrogens with zero attached hydrogens (tertiary/aromatic N) is 10. The van der Waals surface area contributed by atoms with Crippen LogP contribution in [0.2, 0.25) is 0 Å². The van der Waals surface area contributed by atoms with Crippen LogP contribution in [-0.4, -0.2) is 112 Å². The molecule has 0 bridgehead atoms. The van der Waals surface area contributed by atoms with Crippen molar-refractivity contribution in [1.29, 1.82) is 0 Å². The van der Waals surface area contributed by atoms with Crippen molar-refractivity contribution < 1.29 is 56.0 Å². The largest absolute Gasteiger partial charge is 0.373 e. The summed E-state index contributed by atoms with van der Waals surface area (Å²) in [4.78, 5) is 60.0. The Hall–Kier alpha value is -7.73. The van der Waals surface area contributed by atoms with E-state index in [1.807, 2.05) is 132 Å². The molecular weight excluding hydrogens is 1430 g/mol. The van der Waals surface area contributed by atoms with Gasteiger partial charge < -0.3 is 28.1 Å². The fraction of sp³-hybridized carbons (Fsp3) is 0.286. The first-order valence-electron chi connectivity index (χ1n) is 31.1. The molecule has 6 aromatic carbocycles. The number of halogens is 3. The van der Waals surface area contributed by atoms with Crippen LogP contribution in [0.5, 0.6) is 0 Å². The van der Waals surface area contributed by atoms with Gasteiger partial charge in [0.05, 0.1) is 30.7 Å². The lowest BCUT2D eigenvalue weighted by molar-refractivity contribution is -0.193. The fourth-order valence-electron chi connectivity index (χ4n) is 11.4. The number of aromatic nitrogens is 8. The van der Waals surface area contributed by atoms with Crippen LogP contribution in [0.3, 0.4) is 0 Å². The van der Waals surface area contributed by atoms with E-state index in [0.717, 1.165) is 44.7 Å². The first kappa shape index (κ1) is 73.5. The summed E-state index contributed by atoms with van der Waals surface area (Å²) in [6, 6.07) is 61.4. The monoisotopic (exact) mass is 1500 g/mol. The minimum atomic E-state index is -2.63. The molecule has 0 saturated carbocycles. The molecule has 27 heteroatoms. The van der Waals surface area contributed by atoms with E-state index in [4.69, 9.17) is 47.6 Å². The second-order valence-corrected chi connectivity index (χ2v) is 37.4. The molecule has 504 valence electrons. The number of rotatable bonds is 22. The van der Waals surface area contributed by atoms with Crippen molar-refractivity contribution >= 4 is 129 Å². The van der Waals surface area contributed by atoms with E-state index < -0.39 is 69.4 Å². The van der Waals surface area contributed by atoms with Gasteiger partial charge >= 0.3 is 12.3 Å². The molecule has 0 amide bonds. The Labute approximate surface area is 575 Å². The molecule has 10 aromatic rings. The SMILES string of the molecule is CC[C@H](C)C[P@](C)(=O)COC1C=C(F)[C@H](n2cnc3c(N=P(c4ccccc4)(c4ccccc4)c4ccccc4)ncnc32)O1.CC[C@H](C)C[P@](C)(=O)COC1O[C@@H](n2cnc3c(N=P(c4ccccc4)(c4ccccc4)c4ccccc4)ncnc32)[C@@H](F)[C@@H]1I.O=C=O.O=C=O. The van der Waals surface area contributed by atoms with Crippen LogP contribution in [0.15, 0.2) is 229 Å². The second-order valence-electron chi connectivity index (χ2n) is 23.5. The molecule has 10 atom stereocenters. The molecule has 2 unspecified atom stereocenters. The number of ether oxygens (including phenoxy) is 4. The van der Waals surface area contributed by atoms with Crippen molar-refractivity contribution in [3.8, 4) is 0 Å². The summed E-state index contributed by atoms with van der Waals surface area (Å²) in [6.07, 6.45) is 5.32. The van der Waals surface area contributed by atoms with Gasteiger partial charge in [0.1, 0.15) is 39.6 Å². The summed E-state index contributed by atoms with van der Waals surface area (Å²) >= 11 is 2.02. The smallest absolute Gasteiger partial charge is 0.344 e. The average molecular weight is 1500 g/mol. The van der Waals surface area contributed by atoms with Gasteiger partial charge in [-0.25, -0.2) is 48.2 Å². The van der Waals surface area contributed by atoms with Crippen LogP contribution in [0.25, 0.3) is 22.3 Å². The van der Waals surface area contributed by atoms with Crippen LogP contribution in [0, 0.1) is 11.8 Å². The summed E-state index contributed by atoms with van der Waals surface area (Å²) < 4.78 is 94.6. The molecule has 0 N–H and O–H groups in total. The lowest BCUT2D eigenvalue weighted by atomic mass is 10.2. The summed E-state index contributed by atoms with van der Waals surface area (Å²) in [6.45, 7) is 11.8. The molecule has 0 radical (unpaired) electrons. The van der Waals surface area contributed by atoms with E-state index in [-0.39, 0.29) is 25.0 Å². The predicted octanol–water partition coefficient (Wildman–Crippen LogP) is 13.8. The van der Waals surface area contributed by atoms with Gasteiger partial charge in [-0.15, -0.1) is 0 Å². The molecule has 97 heavy (non-hydrogen) atoms. The van der Waals surface area contributed by atoms with Crippen LogP contribution < -0.4 is 31.8 Å². The molecule has 1 fully saturated rings. The van der Waals surface area contributed by atoms with E-state index in [2.05, 4.69) is 130 Å². The minimum Gasteiger partial charge on any atom is -0.344 e. The topological polar surface area (TPSA) is 251 Å². The zero-order valence-corrected chi connectivity index (χ0v) is 59.8. The quantitative estimate of drug-likeness (QED) is 0.0347. The molecule has 0 spiro atoms. The van der Waals surface area contributed by atoms with E-state index >= 15 is 8.78 Å². The Morgan fingerprint density at radius 2 is 0.876 bits per heavy atom. The molecule has 1 saturated heterocycles. The highest BCUT2D eigenvalue weighted by atomic mass is 127. The number of alkyl halides is 2. The highest BCUT2D eigenvalue weighted by Gasteiger charge is 2.47. The van der Waals surface area contributed by atoms with Crippen molar-refractivity contribution in [2.24, 2.45) is 21.3 Å². The minimum absolute atomic E-state index is 0.0125. The zero-order chi connectivity index (χ0) is 69.2. The van der Waals surface area contributed by atoms with Gasteiger partial charge in [0.2, 0.25) is 0 Å². The van der Waals surface area contributed by atoms with Gasteiger partial charge in [-0.05, 0) is 25.2 Å². The Bertz CT molecular complexity index is 4340. The third-order valence-corrected chi connectivity index (χ3v) is 28.9. The van der Waals surface area contributed by atoms with Crippen molar-refractivity contribution in [3.63, 3.8) is 0 Å². The first-order chi connectivity index (χ1) is 46.9. The van der Waals surface area contributed by atoms with Gasteiger partial charge in [-0.3, -0.25) is 9.13 Å². The highest BCUT2D eigenvalue weighted by molar-refractivity contribution is 14.1. The Balaban J connectivity index is 0.000000210. The Morgan fingerprint density at radius 3 is 1.24 bits per heavy atom. The van der Waals surface area contributed by atoms with Gasteiger partial charge in [0.25, 0.3) is 0 Å². The van der Waals surface area contributed by atoms with Crippen LogP contribution in [-0.2, 0) is 47.3 Å². The zero-order valence-electron chi connectivity index (χ0n) is 54.0. The third-order valence-electron chi connectivity index (χ3n) is 16.2. The highest BCUT2D eigenvalue weighted by Crippen LogP contribution is 2.53. The number of benzene rings is 6. The molecule has 0 aliphatic carbocycles. The molecule has 6 heterocycles. The maximum absolute atomic E-state index is 15.9. The molecule has 20 nitrogen and oxygen atoms in total. The fourth-order valence-corrected chi connectivity index (χ4v) is 23.4. The molecule has 12 rings (SSSR count). The number of fused-ring (bicyclic) bond motifs is 2. The summed E-state index contributed by atoms with van der Waals surface area (Å²) in [7, 11) is -10.4. The van der Waals surface area contributed by atoms with E-state index in [9.17, 15) is 9.13 Å². The van der Waals surface area contributed by atoms with Crippen LogP contribution in [0.4, 0.5) is 20.4 Å². The van der Waals surface area contributed by atoms with Crippen molar-refractivity contribution in [3.05, 3.63) is 219 Å². The number of hydrogen-bond acceptors (Lipinski definition) is 18. The Kier molecular flexibility index (Phi) is 25.9. The second kappa shape index (κ2) is 34.2. The molecule has 2 aliphatic heterocycles. The average Bonchev–Trinajstić information content (AvgIpc) is 1.62. The third kappa shape index (κ3) is 17.4. The maximum Gasteiger partial charge on any atom is 0.373 e. The molecule has 2 aliphatic rings. The Morgan fingerprint density at radius 1 is 0.536 bits per heavy atom. The van der Waals surface area contributed by atoms with Crippen molar-refractivity contribution in [1.82, 2.24) is 39.0 Å². The van der Waals surface area contributed by atoms with Crippen LogP contribution >= 0.6 is 51.0 Å². The summed E-state index contributed by atoms with van der Waals surface area (Å²) in [5.74, 6) is 0.916. The van der Waals surface area contributed by atoms with Gasteiger partial charge in [0, 0.05) is 50.2 Å². The number of imidazole rings is 2. The first-order valence-corrected chi connectivity index (χ1v) is 40.9. The lowest BCUT2D eigenvalue weighted by Gasteiger charge is -2.26.